The lowest BCUT2D eigenvalue weighted by molar-refractivity contribution is 0.304. The number of rotatable bonds is 10. The molecule has 0 bridgehead atoms. The molecule has 10 nitrogen and oxygen atoms in total. The minimum absolute atomic E-state index is 0.00262. The van der Waals surface area contributed by atoms with Gasteiger partial charge in [-0.1, -0.05) is 11.6 Å². The molecule has 0 radical (unpaired) electrons. The van der Waals surface area contributed by atoms with Crippen LogP contribution in [0, 0.1) is 6.92 Å². The smallest absolute Gasteiger partial charge is 0.229 e. The van der Waals surface area contributed by atoms with Crippen molar-refractivity contribution in [1.82, 2.24) is 25.1 Å². The van der Waals surface area contributed by atoms with Gasteiger partial charge in [0.25, 0.3) is 0 Å². The van der Waals surface area contributed by atoms with Crippen molar-refractivity contribution in [2.45, 2.75) is 87.6 Å². The molecule has 1 aliphatic heterocycles. The number of anilines is 4. The fourth-order valence-electron chi connectivity index (χ4n) is 5.02. The Morgan fingerprint density at radius 2 is 1.82 bits per heavy atom. The summed E-state index contributed by atoms with van der Waals surface area (Å²) in [5.74, 6) is 1.92. The minimum Gasteiger partial charge on any atom is -0.488 e. The molecular formula is C28H36ClN7O3S. The summed E-state index contributed by atoms with van der Waals surface area (Å²) in [4.78, 5) is 9.02. The fraction of sp³-hybridized carbons (Fsp3) is 0.536. The van der Waals surface area contributed by atoms with Gasteiger partial charge in [0.2, 0.25) is 20.8 Å². The van der Waals surface area contributed by atoms with Crippen molar-refractivity contribution in [3.05, 3.63) is 40.7 Å². The number of hydrogen-bond donors (Lipinski definition) is 3. The number of ether oxygens (including phenoxy) is 1. The van der Waals surface area contributed by atoms with Gasteiger partial charge < -0.3 is 20.7 Å². The largest absolute Gasteiger partial charge is 0.488 e. The Labute approximate surface area is 240 Å². The van der Waals surface area contributed by atoms with E-state index < -0.39 is 15.1 Å². The summed E-state index contributed by atoms with van der Waals surface area (Å²) in [5.41, 5.74) is 3.67. The van der Waals surface area contributed by atoms with Crippen molar-refractivity contribution < 1.29 is 13.2 Å². The Morgan fingerprint density at radius 1 is 1.07 bits per heavy atom. The molecule has 6 rings (SSSR count). The van der Waals surface area contributed by atoms with Gasteiger partial charge in [-0.25, -0.2) is 13.4 Å². The molecule has 2 aliphatic carbocycles. The molecule has 12 heteroatoms. The second kappa shape index (κ2) is 10.8. The summed E-state index contributed by atoms with van der Waals surface area (Å²) < 4.78 is 34.2. The molecule has 2 saturated carbocycles. The van der Waals surface area contributed by atoms with E-state index in [-0.39, 0.29) is 22.2 Å². The van der Waals surface area contributed by atoms with E-state index in [4.69, 9.17) is 16.3 Å². The summed E-state index contributed by atoms with van der Waals surface area (Å²) in [6, 6.07) is 4.50. The topological polar surface area (TPSA) is 123 Å². The summed E-state index contributed by atoms with van der Waals surface area (Å²) >= 11 is 6.48. The van der Waals surface area contributed by atoms with Crippen LogP contribution in [0.4, 0.5) is 23.1 Å². The van der Waals surface area contributed by atoms with E-state index in [1.807, 2.05) is 0 Å². The number of hydrogen-bond acceptors (Lipinski definition) is 9. The van der Waals surface area contributed by atoms with Gasteiger partial charge in [0, 0.05) is 0 Å². The average molecular weight is 586 g/mol. The first-order valence-corrected chi connectivity index (χ1v) is 16.0. The van der Waals surface area contributed by atoms with E-state index in [1.165, 1.54) is 17.3 Å². The van der Waals surface area contributed by atoms with Gasteiger partial charge in [0.1, 0.15) is 10.8 Å². The van der Waals surface area contributed by atoms with E-state index in [0.29, 0.717) is 23.4 Å². The molecule has 3 aromatic rings. The molecular weight excluding hydrogens is 550 g/mol. The first-order chi connectivity index (χ1) is 19.2. The molecule has 40 heavy (non-hydrogen) atoms. The van der Waals surface area contributed by atoms with Crippen molar-refractivity contribution >= 4 is 44.6 Å². The first-order valence-electron chi connectivity index (χ1n) is 14.1. The Balaban J connectivity index is 1.30. The highest BCUT2D eigenvalue weighted by Gasteiger charge is 2.32. The molecule has 214 valence electrons. The van der Waals surface area contributed by atoms with Crippen LogP contribution in [0.15, 0.2) is 29.6 Å². The highest BCUT2D eigenvalue weighted by molar-refractivity contribution is 7.92. The van der Waals surface area contributed by atoms with Crippen LogP contribution in [0.3, 0.4) is 0 Å². The number of benzene rings is 1. The second-order valence-corrected chi connectivity index (χ2v) is 14.2. The predicted octanol–water partition coefficient (Wildman–Crippen LogP) is 5.65. The Kier molecular flexibility index (Phi) is 7.39. The number of aryl methyl sites for hydroxylation is 1. The minimum atomic E-state index is -3.63. The molecule has 3 heterocycles. The van der Waals surface area contributed by atoms with Crippen LogP contribution in [0.25, 0.3) is 0 Å². The Hall–Kier alpha value is -2.89. The average Bonchev–Trinajstić information content (AvgIpc) is 3.87. The Bertz CT molecular complexity index is 1510. The molecule has 3 aliphatic rings. The lowest BCUT2D eigenvalue weighted by Gasteiger charge is -2.26. The van der Waals surface area contributed by atoms with Crippen molar-refractivity contribution in [3.8, 4) is 5.75 Å². The molecule has 3 N–H and O–H groups in total. The third-order valence-electron chi connectivity index (χ3n) is 7.72. The molecule has 0 spiro atoms. The first kappa shape index (κ1) is 27.3. The molecule has 2 aromatic heterocycles. The molecule has 0 atom stereocenters. The van der Waals surface area contributed by atoms with E-state index >= 15 is 0 Å². The van der Waals surface area contributed by atoms with Gasteiger partial charge in [-0.05, 0) is 102 Å². The van der Waals surface area contributed by atoms with Gasteiger partial charge in [0.15, 0.2) is 5.82 Å². The van der Waals surface area contributed by atoms with Crippen LogP contribution in [0.2, 0.25) is 5.02 Å². The Morgan fingerprint density at radius 3 is 2.50 bits per heavy atom. The van der Waals surface area contributed by atoms with Crippen molar-refractivity contribution in [2.75, 3.05) is 23.7 Å². The monoisotopic (exact) mass is 585 g/mol. The zero-order valence-electron chi connectivity index (χ0n) is 23.1. The molecule has 0 unspecified atom stereocenters. The lowest BCUT2D eigenvalue weighted by Crippen LogP contribution is -2.27. The number of aromatic nitrogens is 4. The number of halogens is 1. The third kappa shape index (κ3) is 5.77. The number of nitrogens with zero attached hydrogens (tertiary/aromatic N) is 4. The molecule has 0 amide bonds. The van der Waals surface area contributed by atoms with Gasteiger partial charge in [-0.15, -0.1) is 0 Å². The quantitative estimate of drug-likeness (QED) is 0.277. The molecule has 3 fully saturated rings. The summed E-state index contributed by atoms with van der Waals surface area (Å²) in [6.45, 7) is 7.48. The number of sulfone groups is 1. The molecule has 1 aromatic carbocycles. The van der Waals surface area contributed by atoms with E-state index in [1.54, 1.807) is 24.7 Å². The number of nitrogens with one attached hydrogen (secondary N) is 3. The van der Waals surface area contributed by atoms with Crippen molar-refractivity contribution in [1.29, 1.82) is 0 Å². The SMILES string of the molecule is Cc1cc(Nc2ncc(Cl)c(Nc3cn(C4CC4)nc3S(=O)(=O)C(C)C)n2)c(OC2CC2)cc1C1CCNCC1. The van der Waals surface area contributed by atoms with Crippen molar-refractivity contribution in [3.63, 3.8) is 0 Å². The summed E-state index contributed by atoms with van der Waals surface area (Å²) in [6.07, 6.45) is 9.74. The number of piperidine rings is 1. The third-order valence-corrected chi connectivity index (χ3v) is 10.1. The van der Waals surface area contributed by atoms with Crippen LogP contribution in [0.1, 0.15) is 75.5 Å². The van der Waals surface area contributed by atoms with Crippen molar-refractivity contribution in [2.24, 2.45) is 0 Å². The molecule has 1 saturated heterocycles. The second-order valence-electron chi connectivity index (χ2n) is 11.3. The van der Waals surface area contributed by atoms with Gasteiger partial charge in [0.05, 0.1) is 41.2 Å². The maximum atomic E-state index is 13.1. The van der Waals surface area contributed by atoms with Gasteiger partial charge >= 0.3 is 0 Å². The van der Waals surface area contributed by atoms with Gasteiger partial charge in [-0.3, -0.25) is 4.68 Å². The van der Waals surface area contributed by atoms with Gasteiger partial charge in [-0.2, -0.15) is 10.1 Å². The lowest BCUT2D eigenvalue weighted by atomic mass is 9.87. The predicted molar refractivity (Wildman–Crippen MR) is 156 cm³/mol. The van der Waals surface area contributed by atoms with Crippen LogP contribution >= 0.6 is 11.6 Å². The van der Waals surface area contributed by atoms with Crippen LogP contribution < -0.4 is 20.7 Å². The zero-order valence-corrected chi connectivity index (χ0v) is 24.6. The summed E-state index contributed by atoms with van der Waals surface area (Å²) in [5, 5.41) is 14.0. The van der Waals surface area contributed by atoms with E-state index in [9.17, 15) is 8.42 Å². The summed E-state index contributed by atoms with van der Waals surface area (Å²) in [7, 11) is -3.63. The standard InChI is InChI=1S/C28H36ClN7O3S/c1-16(2)40(37,38)27-24(15-36(35-27)19-4-5-19)32-26-22(29)14-31-28(34-26)33-23-12-17(3)21(18-8-10-30-11-9-18)13-25(23)39-20-6-7-20/h12-16,18-20,30H,4-11H2,1-3H3,(H2,31,32,33,34). The highest BCUT2D eigenvalue weighted by Crippen LogP contribution is 2.40. The van der Waals surface area contributed by atoms with E-state index in [2.05, 4.69) is 50.1 Å². The maximum absolute atomic E-state index is 13.1. The zero-order chi connectivity index (χ0) is 28.0. The highest BCUT2D eigenvalue weighted by atomic mass is 35.5. The maximum Gasteiger partial charge on any atom is 0.229 e. The van der Waals surface area contributed by atoms with E-state index in [0.717, 1.165) is 63.1 Å². The van der Waals surface area contributed by atoms with Crippen LogP contribution in [-0.2, 0) is 9.84 Å². The van der Waals surface area contributed by atoms with Crippen LogP contribution in [-0.4, -0.2) is 52.6 Å². The fourth-order valence-corrected chi connectivity index (χ4v) is 6.22. The normalized spacial score (nSPS) is 18.2. The van der Waals surface area contributed by atoms with Crippen LogP contribution in [0.5, 0.6) is 5.75 Å².